The molecule has 0 radical (unpaired) electrons. The van der Waals surface area contributed by atoms with E-state index < -0.39 is 0 Å². The zero-order valence-corrected chi connectivity index (χ0v) is 17.8. The van der Waals surface area contributed by atoms with Gasteiger partial charge in [-0.1, -0.05) is 23.4 Å². The number of fused-ring (bicyclic) bond motifs is 3. The molecule has 1 N–H and O–H groups in total. The van der Waals surface area contributed by atoms with Gasteiger partial charge >= 0.3 is 0 Å². The Morgan fingerprint density at radius 2 is 1.90 bits per heavy atom. The van der Waals surface area contributed by atoms with Crippen LogP contribution in [-0.4, -0.2) is 47.2 Å². The fourth-order valence-electron chi connectivity index (χ4n) is 3.54. The first kappa shape index (κ1) is 20.7. The van der Waals surface area contributed by atoms with Gasteiger partial charge in [0.2, 0.25) is 5.88 Å². The van der Waals surface area contributed by atoms with Crippen LogP contribution in [0.5, 0.6) is 11.6 Å². The Morgan fingerprint density at radius 1 is 1.10 bits per heavy atom. The van der Waals surface area contributed by atoms with Gasteiger partial charge in [-0.3, -0.25) is 0 Å². The number of nitrogens with zero attached hydrogens (tertiary/aromatic N) is 3. The molecule has 4 aromatic rings. The summed E-state index contributed by atoms with van der Waals surface area (Å²) >= 11 is 0. The Morgan fingerprint density at radius 3 is 2.61 bits per heavy atom. The first-order valence-electron chi connectivity index (χ1n) is 10.1. The lowest BCUT2D eigenvalue weighted by molar-refractivity contribution is 0.164. The highest BCUT2D eigenvalue weighted by Gasteiger charge is 2.18. The molecule has 0 unspecified atom stereocenters. The van der Waals surface area contributed by atoms with Crippen LogP contribution in [0.2, 0.25) is 0 Å². The van der Waals surface area contributed by atoms with Gasteiger partial charge in [0, 0.05) is 48.3 Å². The van der Waals surface area contributed by atoms with Crippen LogP contribution < -0.4 is 4.74 Å². The van der Waals surface area contributed by atoms with Crippen molar-refractivity contribution in [1.29, 1.82) is 0 Å². The number of furan rings is 1. The van der Waals surface area contributed by atoms with E-state index in [0.29, 0.717) is 36.2 Å². The van der Waals surface area contributed by atoms with Crippen LogP contribution in [-0.2, 0) is 4.74 Å². The minimum atomic E-state index is 0.133. The summed E-state index contributed by atoms with van der Waals surface area (Å²) in [5.41, 5.74) is 2.34. The van der Waals surface area contributed by atoms with Crippen molar-refractivity contribution in [2.45, 2.75) is 19.9 Å². The van der Waals surface area contributed by atoms with Crippen molar-refractivity contribution in [2.24, 2.45) is 5.16 Å². The average Bonchev–Trinajstić information content (AvgIpc) is 3.15. The van der Waals surface area contributed by atoms with E-state index >= 15 is 0 Å². The van der Waals surface area contributed by atoms with Crippen LogP contribution in [0.15, 0.2) is 70.4 Å². The molecule has 0 spiro atoms. The van der Waals surface area contributed by atoms with Gasteiger partial charge in [-0.05, 0) is 44.2 Å². The minimum absolute atomic E-state index is 0.133. The van der Waals surface area contributed by atoms with E-state index in [1.54, 1.807) is 19.4 Å². The maximum Gasteiger partial charge on any atom is 0.219 e. The van der Waals surface area contributed by atoms with Crippen molar-refractivity contribution in [3.63, 3.8) is 0 Å². The van der Waals surface area contributed by atoms with Crippen molar-refractivity contribution in [3.05, 3.63) is 66.4 Å². The lowest BCUT2D eigenvalue weighted by Gasteiger charge is -2.28. The summed E-state index contributed by atoms with van der Waals surface area (Å²) < 4.78 is 17.0. The van der Waals surface area contributed by atoms with Gasteiger partial charge in [0.25, 0.3) is 0 Å². The Bertz CT molecular complexity index is 1200. The molecule has 0 saturated heterocycles. The van der Waals surface area contributed by atoms with Crippen molar-refractivity contribution in [1.82, 2.24) is 9.88 Å². The molecule has 31 heavy (non-hydrogen) atoms. The highest BCUT2D eigenvalue weighted by Crippen LogP contribution is 2.32. The summed E-state index contributed by atoms with van der Waals surface area (Å²) in [6, 6.07) is 17.3. The van der Waals surface area contributed by atoms with Gasteiger partial charge in [0.15, 0.2) is 5.84 Å². The number of rotatable bonds is 7. The van der Waals surface area contributed by atoms with Crippen LogP contribution in [0.1, 0.15) is 19.4 Å². The normalized spacial score (nSPS) is 12.1. The van der Waals surface area contributed by atoms with Gasteiger partial charge < -0.3 is 24.0 Å². The number of pyridine rings is 1. The Balaban J connectivity index is 1.56. The Kier molecular flexibility index (Phi) is 6.04. The molecule has 0 fully saturated rings. The molecule has 0 aliphatic heterocycles. The maximum absolute atomic E-state index is 9.61. The summed E-state index contributed by atoms with van der Waals surface area (Å²) in [4.78, 5) is 6.36. The van der Waals surface area contributed by atoms with Crippen molar-refractivity contribution >= 4 is 27.8 Å². The zero-order valence-electron chi connectivity index (χ0n) is 17.8. The van der Waals surface area contributed by atoms with E-state index in [-0.39, 0.29) is 6.04 Å². The van der Waals surface area contributed by atoms with E-state index in [0.717, 1.165) is 21.9 Å². The number of para-hydroxylation sites is 1. The van der Waals surface area contributed by atoms with Crippen LogP contribution in [0.4, 0.5) is 0 Å². The number of aromatic nitrogens is 1. The fraction of sp³-hybridized carbons (Fsp3) is 0.250. The lowest BCUT2D eigenvalue weighted by atomic mass is 10.1. The van der Waals surface area contributed by atoms with Gasteiger partial charge in [0.1, 0.15) is 16.9 Å². The number of hydrogen-bond acceptors (Lipinski definition) is 6. The largest absolute Gasteiger partial charge is 0.456 e. The monoisotopic (exact) mass is 419 g/mol. The van der Waals surface area contributed by atoms with Crippen molar-refractivity contribution in [2.75, 3.05) is 20.3 Å². The number of oxime groups is 1. The lowest BCUT2D eigenvalue weighted by Crippen LogP contribution is -2.39. The molecular weight excluding hydrogens is 394 g/mol. The third-order valence-electron chi connectivity index (χ3n) is 5.09. The average molecular weight is 419 g/mol. The summed E-state index contributed by atoms with van der Waals surface area (Å²) in [6.07, 6.45) is 1.64. The van der Waals surface area contributed by atoms with Gasteiger partial charge in [-0.25, -0.2) is 4.98 Å². The second-order valence-electron chi connectivity index (χ2n) is 7.45. The highest BCUT2D eigenvalue weighted by molar-refractivity contribution is 6.05. The van der Waals surface area contributed by atoms with Crippen molar-refractivity contribution < 1.29 is 19.1 Å². The third-order valence-corrected chi connectivity index (χ3v) is 5.09. The molecule has 7 nitrogen and oxygen atoms in total. The maximum atomic E-state index is 9.61. The van der Waals surface area contributed by atoms with Crippen LogP contribution in [0.3, 0.4) is 0 Å². The van der Waals surface area contributed by atoms with E-state index in [1.165, 1.54) is 0 Å². The zero-order chi connectivity index (χ0) is 21.8. The van der Waals surface area contributed by atoms with Crippen LogP contribution >= 0.6 is 0 Å². The molecule has 0 bridgehead atoms. The molecule has 0 atom stereocenters. The highest BCUT2D eigenvalue weighted by atomic mass is 16.5. The molecular formula is C24H25N3O4. The summed E-state index contributed by atoms with van der Waals surface area (Å²) in [6.45, 7) is 5.18. The number of hydrogen-bond donors (Lipinski definition) is 1. The number of methoxy groups -OCH3 is 1. The molecule has 4 rings (SSSR count). The molecule has 2 aromatic heterocycles. The predicted molar refractivity (Wildman–Crippen MR) is 120 cm³/mol. The van der Waals surface area contributed by atoms with E-state index in [1.807, 2.05) is 67.3 Å². The smallest absolute Gasteiger partial charge is 0.219 e. The molecule has 0 aliphatic carbocycles. The minimum Gasteiger partial charge on any atom is -0.456 e. The standard InChI is InChI=1S/C24H25N3O4/c1-16(2)27(12-13-29-3)24(26-28)17-8-11-23(25-15-17)30-18-9-10-22-20(14-18)19-6-4-5-7-21(19)31-22/h4-11,14-16,28H,12-13H2,1-3H3/b26-24-. The van der Waals surface area contributed by atoms with Crippen LogP contribution in [0, 0.1) is 0 Å². The molecule has 0 saturated carbocycles. The summed E-state index contributed by atoms with van der Waals surface area (Å²) in [5, 5.41) is 15.1. The Hall–Kier alpha value is -3.58. The van der Waals surface area contributed by atoms with Crippen LogP contribution in [0.25, 0.3) is 21.9 Å². The second kappa shape index (κ2) is 9.06. The quantitative estimate of drug-likeness (QED) is 0.190. The van der Waals surface area contributed by atoms with E-state index in [4.69, 9.17) is 13.9 Å². The molecule has 0 amide bonds. The molecule has 2 aromatic carbocycles. The molecule has 7 heteroatoms. The number of benzene rings is 2. The second-order valence-corrected chi connectivity index (χ2v) is 7.45. The van der Waals surface area contributed by atoms with Gasteiger partial charge in [-0.2, -0.15) is 0 Å². The summed E-state index contributed by atoms with van der Waals surface area (Å²) in [5.74, 6) is 1.55. The van der Waals surface area contributed by atoms with Gasteiger partial charge in [0.05, 0.1) is 6.61 Å². The van der Waals surface area contributed by atoms with Crippen molar-refractivity contribution in [3.8, 4) is 11.6 Å². The molecule has 0 aliphatic rings. The predicted octanol–water partition coefficient (Wildman–Crippen LogP) is 5.27. The SMILES string of the molecule is COCCN(/C(=N\O)c1ccc(Oc2ccc3oc4ccccc4c3c2)nc1)C(C)C. The molecule has 160 valence electrons. The number of amidine groups is 1. The molecule has 2 heterocycles. The third kappa shape index (κ3) is 4.32. The topological polar surface area (TPSA) is 80.3 Å². The van der Waals surface area contributed by atoms with E-state index in [2.05, 4.69) is 10.1 Å². The Labute approximate surface area is 180 Å². The van der Waals surface area contributed by atoms with E-state index in [9.17, 15) is 5.21 Å². The number of ether oxygens (including phenoxy) is 2. The first-order chi connectivity index (χ1) is 15.1. The first-order valence-corrected chi connectivity index (χ1v) is 10.1. The fourth-order valence-corrected chi connectivity index (χ4v) is 3.54. The summed E-state index contributed by atoms with van der Waals surface area (Å²) in [7, 11) is 1.64. The van der Waals surface area contributed by atoms with Gasteiger partial charge in [-0.15, -0.1) is 0 Å².